The molecule has 3 aromatic heterocycles. The number of fused-ring (bicyclic) bond motifs is 1. The maximum absolute atomic E-state index is 12.2. The minimum Gasteiger partial charge on any atom is -0.455 e. The third-order valence-corrected chi connectivity index (χ3v) is 4.75. The number of amides is 1. The van der Waals surface area contributed by atoms with Gasteiger partial charge in [-0.05, 0) is 48.9 Å². The van der Waals surface area contributed by atoms with E-state index in [1.807, 2.05) is 43.3 Å². The first kappa shape index (κ1) is 17.4. The van der Waals surface area contributed by atoms with E-state index in [0.717, 1.165) is 22.4 Å². The van der Waals surface area contributed by atoms with Crippen molar-refractivity contribution >= 4 is 28.8 Å². The van der Waals surface area contributed by atoms with E-state index in [2.05, 4.69) is 15.3 Å². The number of thioether (sulfide) groups is 1. The predicted molar refractivity (Wildman–Crippen MR) is 102 cm³/mol. The molecule has 27 heavy (non-hydrogen) atoms. The topological polar surface area (TPSA) is 81.2 Å². The summed E-state index contributed by atoms with van der Waals surface area (Å²) < 4.78 is 11.3. The minimum absolute atomic E-state index is 0.269. The van der Waals surface area contributed by atoms with Crippen molar-refractivity contribution in [3.05, 3.63) is 77.5 Å². The summed E-state index contributed by atoms with van der Waals surface area (Å²) in [6, 6.07) is 14.9. The van der Waals surface area contributed by atoms with E-state index in [1.54, 1.807) is 18.3 Å². The molecule has 0 unspecified atom stereocenters. The van der Waals surface area contributed by atoms with Crippen LogP contribution in [0, 0.1) is 6.92 Å². The number of rotatable bonds is 6. The van der Waals surface area contributed by atoms with Crippen molar-refractivity contribution in [2.75, 3.05) is 0 Å². The molecule has 1 N–H and O–H groups in total. The molecular formula is C20H17N3O3S. The van der Waals surface area contributed by atoms with E-state index in [-0.39, 0.29) is 11.7 Å². The van der Waals surface area contributed by atoms with Crippen LogP contribution < -0.4 is 5.32 Å². The fraction of sp³-hybridized carbons (Fsp3) is 0.150. The van der Waals surface area contributed by atoms with Gasteiger partial charge in [-0.1, -0.05) is 23.9 Å². The van der Waals surface area contributed by atoms with Crippen molar-refractivity contribution in [2.24, 2.45) is 0 Å². The number of nitrogens with zero attached hydrogens (tertiary/aromatic N) is 2. The van der Waals surface area contributed by atoms with E-state index in [1.165, 1.54) is 11.8 Å². The maximum Gasteiger partial charge on any atom is 0.287 e. The van der Waals surface area contributed by atoms with Crippen molar-refractivity contribution in [3.63, 3.8) is 0 Å². The summed E-state index contributed by atoms with van der Waals surface area (Å²) in [4.78, 5) is 20.8. The first-order chi connectivity index (χ1) is 13.2. The average molecular weight is 379 g/mol. The Balaban J connectivity index is 1.35. The number of aryl methyl sites for hydroxylation is 1. The summed E-state index contributed by atoms with van der Waals surface area (Å²) in [6.45, 7) is 2.37. The molecule has 6 nitrogen and oxygen atoms in total. The van der Waals surface area contributed by atoms with Gasteiger partial charge in [0, 0.05) is 6.20 Å². The Kier molecular flexibility index (Phi) is 4.93. The lowest BCUT2D eigenvalue weighted by atomic mass is 10.2. The van der Waals surface area contributed by atoms with Crippen LogP contribution in [0.15, 0.2) is 68.8 Å². The van der Waals surface area contributed by atoms with Crippen LogP contribution in [0.2, 0.25) is 0 Å². The monoisotopic (exact) mass is 379 g/mol. The van der Waals surface area contributed by atoms with Crippen molar-refractivity contribution < 1.29 is 13.6 Å². The van der Waals surface area contributed by atoms with Crippen LogP contribution in [-0.2, 0) is 12.3 Å². The molecule has 0 bridgehead atoms. The van der Waals surface area contributed by atoms with Crippen LogP contribution in [-0.4, -0.2) is 15.9 Å². The van der Waals surface area contributed by atoms with Gasteiger partial charge < -0.3 is 14.2 Å². The lowest BCUT2D eigenvalue weighted by Crippen LogP contribution is -2.22. The number of benzene rings is 1. The van der Waals surface area contributed by atoms with Crippen molar-refractivity contribution in [2.45, 2.75) is 24.4 Å². The van der Waals surface area contributed by atoms with Gasteiger partial charge in [0.25, 0.3) is 11.1 Å². The van der Waals surface area contributed by atoms with Gasteiger partial charge in [-0.3, -0.25) is 9.78 Å². The fourth-order valence-corrected chi connectivity index (χ4v) is 3.28. The van der Waals surface area contributed by atoms with E-state index < -0.39 is 0 Å². The number of carbonyl (C=O) groups is 1. The Hall–Kier alpha value is -3.06. The highest BCUT2D eigenvalue weighted by atomic mass is 32.2. The zero-order valence-corrected chi connectivity index (χ0v) is 15.5. The standard InChI is InChI=1S/C20H17N3O3S/c1-13-5-7-17-16(10-13)23-20(26-17)27-12-15-6-8-18(25-15)19(24)22-11-14-4-2-3-9-21-14/h2-10H,11-12H2,1H3,(H,22,24). The third-order valence-electron chi connectivity index (χ3n) is 3.90. The normalized spacial score (nSPS) is 11.0. The van der Waals surface area contributed by atoms with Gasteiger partial charge in [0.2, 0.25) is 0 Å². The van der Waals surface area contributed by atoms with Gasteiger partial charge in [-0.25, -0.2) is 4.98 Å². The molecule has 1 amide bonds. The fourth-order valence-electron chi connectivity index (χ4n) is 2.55. The molecule has 0 saturated carbocycles. The number of nitrogens with one attached hydrogen (secondary N) is 1. The molecule has 0 aliphatic heterocycles. The maximum atomic E-state index is 12.2. The molecule has 7 heteroatoms. The lowest BCUT2D eigenvalue weighted by Gasteiger charge is -2.02. The van der Waals surface area contributed by atoms with Gasteiger partial charge in [-0.2, -0.15) is 0 Å². The summed E-state index contributed by atoms with van der Waals surface area (Å²) in [5.74, 6) is 1.21. The molecule has 0 aliphatic carbocycles. The van der Waals surface area contributed by atoms with Gasteiger partial charge in [-0.15, -0.1) is 0 Å². The highest BCUT2D eigenvalue weighted by molar-refractivity contribution is 7.98. The first-order valence-electron chi connectivity index (χ1n) is 8.44. The molecule has 0 radical (unpaired) electrons. The van der Waals surface area contributed by atoms with Crippen LogP contribution in [0.5, 0.6) is 0 Å². The second-order valence-electron chi connectivity index (χ2n) is 6.01. The largest absolute Gasteiger partial charge is 0.455 e. The molecule has 0 fully saturated rings. The van der Waals surface area contributed by atoms with Gasteiger partial charge >= 0.3 is 0 Å². The second-order valence-corrected chi connectivity index (χ2v) is 6.94. The van der Waals surface area contributed by atoms with Gasteiger partial charge in [0.15, 0.2) is 11.3 Å². The molecule has 136 valence electrons. The number of oxazole rings is 1. The number of aromatic nitrogens is 2. The second kappa shape index (κ2) is 7.67. The third kappa shape index (κ3) is 4.20. The quantitative estimate of drug-likeness (QED) is 0.502. The molecule has 4 rings (SSSR count). The molecular weight excluding hydrogens is 362 g/mol. The number of carbonyl (C=O) groups excluding carboxylic acids is 1. The average Bonchev–Trinajstić information content (AvgIpc) is 3.31. The zero-order chi connectivity index (χ0) is 18.6. The van der Waals surface area contributed by atoms with E-state index in [9.17, 15) is 4.79 Å². The van der Waals surface area contributed by atoms with E-state index in [4.69, 9.17) is 8.83 Å². The Morgan fingerprint density at radius 3 is 2.93 bits per heavy atom. The highest BCUT2D eigenvalue weighted by Gasteiger charge is 2.13. The van der Waals surface area contributed by atoms with E-state index in [0.29, 0.717) is 23.3 Å². The Morgan fingerprint density at radius 2 is 2.07 bits per heavy atom. The van der Waals surface area contributed by atoms with Crippen LogP contribution in [0.1, 0.15) is 27.6 Å². The number of pyridine rings is 1. The van der Waals surface area contributed by atoms with Crippen molar-refractivity contribution in [1.29, 1.82) is 0 Å². The summed E-state index contributed by atoms with van der Waals surface area (Å²) in [7, 11) is 0. The molecule has 0 atom stereocenters. The van der Waals surface area contributed by atoms with Gasteiger partial charge in [0.05, 0.1) is 18.0 Å². The zero-order valence-electron chi connectivity index (χ0n) is 14.6. The van der Waals surface area contributed by atoms with Crippen molar-refractivity contribution in [3.8, 4) is 0 Å². The van der Waals surface area contributed by atoms with Crippen LogP contribution >= 0.6 is 11.8 Å². The molecule has 0 spiro atoms. The number of hydrogen-bond donors (Lipinski definition) is 1. The SMILES string of the molecule is Cc1ccc2oc(SCc3ccc(C(=O)NCc4ccccn4)o3)nc2c1. The Labute approximate surface area is 160 Å². The van der Waals surface area contributed by atoms with E-state index >= 15 is 0 Å². The summed E-state index contributed by atoms with van der Waals surface area (Å²) in [5, 5.41) is 3.37. The summed E-state index contributed by atoms with van der Waals surface area (Å²) >= 11 is 1.43. The first-order valence-corrected chi connectivity index (χ1v) is 9.43. The Morgan fingerprint density at radius 1 is 1.15 bits per heavy atom. The molecule has 3 heterocycles. The summed E-state index contributed by atoms with van der Waals surface area (Å²) in [6.07, 6.45) is 1.69. The molecule has 4 aromatic rings. The smallest absolute Gasteiger partial charge is 0.287 e. The van der Waals surface area contributed by atoms with Crippen LogP contribution in [0.4, 0.5) is 0 Å². The lowest BCUT2D eigenvalue weighted by molar-refractivity contribution is 0.0921. The van der Waals surface area contributed by atoms with Gasteiger partial charge in [0.1, 0.15) is 11.3 Å². The van der Waals surface area contributed by atoms with Crippen molar-refractivity contribution in [1.82, 2.24) is 15.3 Å². The summed E-state index contributed by atoms with van der Waals surface area (Å²) in [5.41, 5.74) is 3.53. The molecule has 1 aromatic carbocycles. The predicted octanol–water partition coefficient (Wildman–Crippen LogP) is 4.35. The van der Waals surface area contributed by atoms with Crippen LogP contribution in [0.25, 0.3) is 11.1 Å². The number of hydrogen-bond acceptors (Lipinski definition) is 6. The molecule has 0 saturated heterocycles. The van der Waals surface area contributed by atoms with Crippen LogP contribution in [0.3, 0.4) is 0 Å². The minimum atomic E-state index is -0.269. The number of furan rings is 1. The Bertz CT molecular complexity index is 1070. The molecule has 0 aliphatic rings. The highest BCUT2D eigenvalue weighted by Crippen LogP contribution is 2.27.